The van der Waals surface area contributed by atoms with E-state index in [2.05, 4.69) is 5.32 Å². The van der Waals surface area contributed by atoms with Gasteiger partial charge in [0, 0.05) is 13.1 Å². The van der Waals surface area contributed by atoms with E-state index in [9.17, 15) is 39.6 Å². The summed E-state index contributed by atoms with van der Waals surface area (Å²) < 4.78 is 106. The Labute approximate surface area is 179 Å². The van der Waals surface area contributed by atoms with E-state index >= 15 is 0 Å². The van der Waals surface area contributed by atoms with Gasteiger partial charge in [-0.1, -0.05) is 12.1 Å². The Balaban J connectivity index is 1.95. The Hall–Kier alpha value is -2.96. The first kappa shape index (κ1) is 23.7. The van der Waals surface area contributed by atoms with Crippen LogP contribution in [0.4, 0.5) is 42.5 Å². The van der Waals surface area contributed by atoms with Crippen molar-refractivity contribution in [1.29, 1.82) is 0 Å². The van der Waals surface area contributed by atoms with Crippen molar-refractivity contribution >= 4 is 27.4 Å². The molecule has 1 aliphatic rings. The monoisotopic (exact) mass is 481 g/mol. The standard InChI is InChI=1S/C19H17F6N3O3S/c20-18(21,22)12-9-13(19(23,24)25)11-14(10-12)32(30,31)27-16-6-2-1-5-15(16)26-17(29)28-7-3-4-8-28/h1-2,5-6,9-11,27H,3-4,7-8H2,(H,26,29). The predicted octanol–water partition coefficient (Wildman–Crippen LogP) is 5.15. The highest BCUT2D eigenvalue weighted by atomic mass is 32.2. The summed E-state index contributed by atoms with van der Waals surface area (Å²) in [7, 11) is -4.87. The van der Waals surface area contributed by atoms with Gasteiger partial charge in [0.1, 0.15) is 0 Å². The van der Waals surface area contributed by atoms with Gasteiger partial charge in [0.25, 0.3) is 10.0 Å². The molecule has 2 amide bonds. The number of likely N-dealkylation sites (tertiary alicyclic amines) is 1. The average Bonchev–Trinajstić information content (AvgIpc) is 3.22. The minimum Gasteiger partial charge on any atom is -0.325 e. The lowest BCUT2D eigenvalue weighted by atomic mass is 10.1. The Morgan fingerprint density at radius 2 is 1.34 bits per heavy atom. The van der Waals surface area contributed by atoms with Crippen LogP contribution in [0.2, 0.25) is 0 Å². The molecule has 3 rings (SSSR count). The predicted molar refractivity (Wildman–Crippen MR) is 104 cm³/mol. The van der Waals surface area contributed by atoms with E-state index in [0.29, 0.717) is 13.1 Å². The second-order valence-corrected chi connectivity index (χ2v) is 8.70. The normalized spacial score (nSPS) is 15.0. The molecule has 2 N–H and O–H groups in total. The summed E-state index contributed by atoms with van der Waals surface area (Å²) in [4.78, 5) is 12.6. The highest BCUT2D eigenvalue weighted by Crippen LogP contribution is 2.37. The maximum atomic E-state index is 13.1. The third-order valence-electron chi connectivity index (χ3n) is 4.68. The molecule has 0 saturated carbocycles. The van der Waals surface area contributed by atoms with E-state index in [1.165, 1.54) is 29.2 Å². The first-order valence-electron chi connectivity index (χ1n) is 9.25. The zero-order chi connectivity index (χ0) is 23.7. The molecule has 2 aromatic rings. The molecule has 0 radical (unpaired) electrons. The van der Waals surface area contributed by atoms with Gasteiger partial charge in [-0.25, -0.2) is 13.2 Å². The first-order chi connectivity index (χ1) is 14.8. The zero-order valence-electron chi connectivity index (χ0n) is 16.2. The number of nitrogens with one attached hydrogen (secondary N) is 2. The lowest BCUT2D eigenvalue weighted by Crippen LogP contribution is -2.32. The lowest BCUT2D eigenvalue weighted by Gasteiger charge is -2.19. The molecule has 0 spiro atoms. The smallest absolute Gasteiger partial charge is 0.325 e. The van der Waals surface area contributed by atoms with E-state index in [1.54, 1.807) is 0 Å². The van der Waals surface area contributed by atoms with Crippen LogP contribution < -0.4 is 10.0 Å². The molecule has 1 aliphatic heterocycles. The number of hydrogen-bond donors (Lipinski definition) is 2. The van der Waals surface area contributed by atoms with Crippen molar-refractivity contribution < 1.29 is 39.6 Å². The first-order valence-corrected chi connectivity index (χ1v) is 10.7. The van der Waals surface area contributed by atoms with Gasteiger partial charge in [0.2, 0.25) is 0 Å². The van der Waals surface area contributed by atoms with Crippen molar-refractivity contribution in [3.63, 3.8) is 0 Å². The number of sulfonamides is 1. The number of benzene rings is 2. The molecule has 2 aromatic carbocycles. The quantitative estimate of drug-likeness (QED) is 0.593. The largest absolute Gasteiger partial charge is 0.416 e. The summed E-state index contributed by atoms with van der Waals surface area (Å²) in [5.74, 6) is 0. The molecule has 32 heavy (non-hydrogen) atoms. The number of para-hydroxylation sites is 2. The van der Waals surface area contributed by atoms with Gasteiger partial charge < -0.3 is 10.2 Å². The van der Waals surface area contributed by atoms with Gasteiger partial charge >= 0.3 is 18.4 Å². The van der Waals surface area contributed by atoms with Crippen LogP contribution in [0.15, 0.2) is 47.4 Å². The molecule has 1 saturated heterocycles. The number of urea groups is 1. The maximum absolute atomic E-state index is 13.1. The number of rotatable bonds is 4. The molecule has 0 aliphatic carbocycles. The van der Waals surface area contributed by atoms with Crippen molar-refractivity contribution in [3.8, 4) is 0 Å². The van der Waals surface area contributed by atoms with Crippen molar-refractivity contribution in [1.82, 2.24) is 4.90 Å². The van der Waals surface area contributed by atoms with E-state index in [0.717, 1.165) is 12.8 Å². The molecule has 0 atom stereocenters. The Bertz CT molecular complexity index is 1080. The number of amides is 2. The van der Waals surface area contributed by atoms with E-state index in [4.69, 9.17) is 0 Å². The summed E-state index contributed by atoms with van der Waals surface area (Å²) in [5, 5.41) is 2.50. The molecule has 0 bridgehead atoms. The number of carbonyl (C=O) groups excluding carboxylic acids is 1. The van der Waals surface area contributed by atoms with Gasteiger partial charge in [-0.15, -0.1) is 0 Å². The summed E-state index contributed by atoms with van der Waals surface area (Å²) in [6.45, 7) is 1.01. The van der Waals surface area contributed by atoms with Crippen LogP contribution in [0.5, 0.6) is 0 Å². The van der Waals surface area contributed by atoms with Crippen molar-refractivity contribution in [3.05, 3.63) is 53.6 Å². The topological polar surface area (TPSA) is 78.5 Å². The number of nitrogens with zero attached hydrogens (tertiary/aromatic N) is 1. The fourth-order valence-electron chi connectivity index (χ4n) is 3.08. The molecule has 6 nitrogen and oxygen atoms in total. The Morgan fingerprint density at radius 1 is 0.844 bits per heavy atom. The third-order valence-corrected chi connectivity index (χ3v) is 6.02. The molecule has 174 valence electrons. The second kappa shape index (κ2) is 8.52. The maximum Gasteiger partial charge on any atom is 0.416 e. The highest BCUT2D eigenvalue weighted by molar-refractivity contribution is 7.92. The Morgan fingerprint density at radius 3 is 1.84 bits per heavy atom. The molecule has 13 heteroatoms. The van der Waals surface area contributed by atoms with Crippen LogP contribution in [0.25, 0.3) is 0 Å². The number of anilines is 2. The van der Waals surface area contributed by atoms with E-state index < -0.39 is 44.4 Å². The molecule has 1 heterocycles. The second-order valence-electron chi connectivity index (χ2n) is 7.02. The molecular weight excluding hydrogens is 464 g/mol. The number of carbonyl (C=O) groups is 1. The van der Waals surface area contributed by atoms with Crippen LogP contribution in [0.1, 0.15) is 24.0 Å². The highest BCUT2D eigenvalue weighted by Gasteiger charge is 2.38. The van der Waals surface area contributed by atoms with Gasteiger partial charge in [-0.05, 0) is 43.2 Å². The minimum atomic E-state index is -5.20. The van der Waals surface area contributed by atoms with Gasteiger partial charge in [-0.3, -0.25) is 4.72 Å². The van der Waals surface area contributed by atoms with Gasteiger partial charge in [0.05, 0.1) is 27.4 Å². The van der Waals surface area contributed by atoms with Gasteiger partial charge in [0.15, 0.2) is 0 Å². The summed E-state index contributed by atoms with van der Waals surface area (Å²) >= 11 is 0. The zero-order valence-corrected chi connectivity index (χ0v) is 17.0. The van der Waals surface area contributed by atoms with E-state index in [1.807, 2.05) is 4.72 Å². The van der Waals surface area contributed by atoms with Crippen LogP contribution in [-0.4, -0.2) is 32.4 Å². The lowest BCUT2D eigenvalue weighted by molar-refractivity contribution is -0.143. The average molecular weight is 481 g/mol. The van der Waals surface area contributed by atoms with Crippen molar-refractivity contribution in [2.75, 3.05) is 23.1 Å². The number of halogens is 6. The SMILES string of the molecule is O=C(Nc1ccccc1NS(=O)(=O)c1cc(C(F)(F)F)cc(C(F)(F)F)c1)N1CCCC1. The molecule has 1 fully saturated rings. The number of hydrogen-bond acceptors (Lipinski definition) is 3. The van der Waals surface area contributed by atoms with E-state index in [-0.39, 0.29) is 29.6 Å². The summed E-state index contributed by atoms with van der Waals surface area (Å²) in [5.41, 5.74) is -3.74. The fraction of sp³-hybridized carbons (Fsp3) is 0.316. The van der Waals surface area contributed by atoms with Crippen LogP contribution in [0, 0.1) is 0 Å². The molecule has 0 unspecified atom stereocenters. The molecular formula is C19H17F6N3O3S. The minimum absolute atomic E-state index is 0.00371. The number of alkyl halides is 6. The Kier molecular flexibility index (Phi) is 6.31. The fourth-order valence-corrected chi connectivity index (χ4v) is 4.23. The third kappa shape index (κ3) is 5.44. The molecule has 0 aromatic heterocycles. The van der Waals surface area contributed by atoms with Crippen LogP contribution in [0.3, 0.4) is 0 Å². The summed E-state index contributed by atoms with van der Waals surface area (Å²) in [6.07, 6.45) is -8.79. The van der Waals surface area contributed by atoms with Crippen molar-refractivity contribution in [2.24, 2.45) is 0 Å². The van der Waals surface area contributed by atoms with Crippen LogP contribution >= 0.6 is 0 Å². The van der Waals surface area contributed by atoms with Gasteiger partial charge in [-0.2, -0.15) is 26.3 Å². The van der Waals surface area contributed by atoms with Crippen LogP contribution in [-0.2, 0) is 22.4 Å². The van der Waals surface area contributed by atoms with Crippen molar-refractivity contribution in [2.45, 2.75) is 30.1 Å². The summed E-state index contributed by atoms with van der Waals surface area (Å²) in [6, 6.07) is 4.98.